The zero-order chi connectivity index (χ0) is 13.3. The third-order valence-electron chi connectivity index (χ3n) is 2.96. The highest BCUT2D eigenvalue weighted by Crippen LogP contribution is 2.15. The number of carbonyl (C=O) groups excluding carboxylic acids is 1. The van der Waals surface area contributed by atoms with Gasteiger partial charge in [-0.1, -0.05) is 0 Å². The lowest BCUT2D eigenvalue weighted by Gasteiger charge is -2.33. The molecule has 0 radical (unpaired) electrons. The molecule has 1 saturated heterocycles. The number of rotatable bonds is 1. The molecule has 1 unspecified atom stereocenters. The van der Waals surface area contributed by atoms with Crippen molar-refractivity contribution < 1.29 is 13.2 Å². The smallest absolute Gasteiger partial charge is 0.254 e. The molecule has 1 amide bonds. The summed E-state index contributed by atoms with van der Waals surface area (Å²) in [6.45, 7) is 1.96. The van der Waals surface area contributed by atoms with E-state index in [1.165, 1.54) is 12.3 Å². The Morgan fingerprint density at radius 3 is 2.89 bits per heavy atom. The number of carbonyl (C=O) groups is 1. The highest BCUT2D eigenvalue weighted by Gasteiger charge is 2.31. The first kappa shape index (κ1) is 12.8. The first-order chi connectivity index (χ1) is 8.39. The van der Waals surface area contributed by atoms with Crippen molar-refractivity contribution in [2.75, 3.05) is 23.8 Å². The van der Waals surface area contributed by atoms with Crippen molar-refractivity contribution in [3.05, 3.63) is 23.9 Å². The Kier molecular flexibility index (Phi) is 3.25. The van der Waals surface area contributed by atoms with Crippen molar-refractivity contribution >= 4 is 21.6 Å². The Labute approximate surface area is 106 Å². The zero-order valence-electron chi connectivity index (χ0n) is 10.0. The molecule has 1 fully saturated rings. The molecule has 0 spiro atoms. The fraction of sp³-hybridized carbons (Fsp3) is 0.455. The van der Waals surface area contributed by atoms with E-state index in [2.05, 4.69) is 4.98 Å². The van der Waals surface area contributed by atoms with Gasteiger partial charge in [0.05, 0.1) is 11.5 Å². The van der Waals surface area contributed by atoms with Gasteiger partial charge in [0.25, 0.3) is 5.91 Å². The summed E-state index contributed by atoms with van der Waals surface area (Å²) in [5.41, 5.74) is 5.96. The van der Waals surface area contributed by atoms with Gasteiger partial charge in [0.1, 0.15) is 5.82 Å². The number of pyridine rings is 1. The molecule has 2 N–H and O–H groups in total. The maximum Gasteiger partial charge on any atom is 0.254 e. The van der Waals surface area contributed by atoms with Crippen molar-refractivity contribution in [1.82, 2.24) is 9.88 Å². The average molecular weight is 269 g/mol. The first-order valence-electron chi connectivity index (χ1n) is 5.62. The minimum Gasteiger partial charge on any atom is -0.384 e. The number of hydrogen-bond acceptors (Lipinski definition) is 5. The molecule has 2 rings (SSSR count). The van der Waals surface area contributed by atoms with E-state index < -0.39 is 9.84 Å². The fourth-order valence-electron chi connectivity index (χ4n) is 2.05. The van der Waals surface area contributed by atoms with Gasteiger partial charge in [-0.3, -0.25) is 4.79 Å². The number of nitrogen functional groups attached to an aromatic ring is 1. The lowest BCUT2D eigenvalue weighted by Crippen LogP contribution is -2.49. The molecule has 18 heavy (non-hydrogen) atoms. The van der Waals surface area contributed by atoms with Crippen LogP contribution in [0.1, 0.15) is 17.3 Å². The minimum absolute atomic E-state index is 0.0132. The Bertz CT molecular complexity index is 571. The van der Waals surface area contributed by atoms with Crippen LogP contribution < -0.4 is 5.73 Å². The highest BCUT2D eigenvalue weighted by molar-refractivity contribution is 7.91. The summed E-state index contributed by atoms with van der Waals surface area (Å²) in [4.78, 5) is 17.6. The first-order valence-corrected chi connectivity index (χ1v) is 7.44. The Morgan fingerprint density at radius 2 is 2.28 bits per heavy atom. The van der Waals surface area contributed by atoms with Gasteiger partial charge >= 0.3 is 0 Å². The van der Waals surface area contributed by atoms with Crippen molar-refractivity contribution in [1.29, 1.82) is 0 Å². The third kappa shape index (κ3) is 2.61. The van der Waals surface area contributed by atoms with E-state index in [0.717, 1.165) is 0 Å². The monoisotopic (exact) mass is 269 g/mol. The average Bonchev–Trinajstić information content (AvgIpc) is 2.27. The van der Waals surface area contributed by atoms with E-state index >= 15 is 0 Å². The van der Waals surface area contributed by atoms with Crippen molar-refractivity contribution in [2.24, 2.45) is 0 Å². The normalized spacial score (nSPS) is 22.7. The molecule has 0 aromatic carbocycles. The van der Waals surface area contributed by atoms with Crippen LogP contribution in [0.15, 0.2) is 18.3 Å². The molecular formula is C11H15N3O3S. The summed E-state index contributed by atoms with van der Waals surface area (Å²) >= 11 is 0. The SMILES string of the molecule is CC1CS(=O)(=O)CCN1C(=O)c1ccnc(N)c1. The zero-order valence-corrected chi connectivity index (χ0v) is 10.9. The maximum atomic E-state index is 12.2. The molecule has 1 aliphatic heterocycles. The highest BCUT2D eigenvalue weighted by atomic mass is 32.2. The van der Waals surface area contributed by atoms with Crippen LogP contribution in [0.4, 0.5) is 5.82 Å². The quantitative estimate of drug-likeness (QED) is 0.770. The Hall–Kier alpha value is -1.63. The molecule has 7 heteroatoms. The number of amides is 1. The molecule has 6 nitrogen and oxygen atoms in total. The van der Waals surface area contributed by atoms with Crippen LogP contribution in [0.3, 0.4) is 0 Å². The summed E-state index contributed by atoms with van der Waals surface area (Å²) < 4.78 is 22.9. The minimum atomic E-state index is -3.02. The fourth-order valence-corrected chi connectivity index (χ4v) is 3.60. The van der Waals surface area contributed by atoms with Crippen molar-refractivity contribution in [2.45, 2.75) is 13.0 Å². The van der Waals surface area contributed by atoms with E-state index in [-0.39, 0.29) is 35.8 Å². The van der Waals surface area contributed by atoms with E-state index in [9.17, 15) is 13.2 Å². The van der Waals surface area contributed by atoms with Crippen molar-refractivity contribution in [3.63, 3.8) is 0 Å². The topological polar surface area (TPSA) is 93.4 Å². The van der Waals surface area contributed by atoms with Crippen LogP contribution in [0.2, 0.25) is 0 Å². The van der Waals surface area contributed by atoms with Gasteiger partial charge in [-0.05, 0) is 19.1 Å². The second-order valence-corrected chi connectivity index (χ2v) is 6.66. The third-order valence-corrected chi connectivity index (χ3v) is 4.75. The van der Waals surface area contributed by atoms with E-state index in [1.807, 2.05) is 0 Å². The van der Waals surface area contributed by atoms with Gasteiger partial charge in [0.15, 0.2) is 9.84 Å². The second-order valence-electron chi connectivity index (χ2n) is 4.43. The largest absolute Gasteiger partial charge is 0.384 e. The molecule has 1 aliphatic rings. The Balaban J connectivity index is 2.20. The van der Waals surface area contributed by atoms with Crippen LogP contribution in [-0.4, -0.2) is 48.3 Å². The number of nitrogens with two attached hydrogens (primary N) is 1. The molecule has 1 aromatic rings. The number of nitrogens with zero attached hydrogens (tertiary/aromatic N) is 2. The molecule has 0 saturated carbocycles. The van der Waals surface area contributed by atoms with Gasteiger partial charge in [0.2, 0.25) is 0 Å². The van der Waals surface area contributed by atoms with Gasteiger partial charge in [-0.2, -0.15) is 0 Å². The number of anilines is 1. The molecular weight excluding hydrogens is 254 g/mol. The number of hydrogen-bond donors (Lipinski definition) is 1. The van der Waals surface area contributed by atoms with Crippen LogP contribution in [0.25, 0.3) is 0 Å². The van der Waals surface area contributed by atoms with Crippen LogP contribution in [0.5, 0.6) is 0 Å². The lowest BCUT2D eigenvalue weighted by atomic mass is 10.2. The summed E-state index contributed by atoms with van der Waals surface area (Å²) in [7, 11) is -3.02. The van der Waals surface area contributed by atoms with Crippen molar-refractivity contribution in [3.8, 4) is 0 Å². The summed E-state index contributed by atoms with van der Waals surface area (Å²) in [6, 6.07) is 2.76. The summed E-state index contributed by atoms with van der Waals surface area (Å²) in [5.74, 6) is 0.104. The van der Waals surface area contributed by atoms with E-state index in [0.29, 0.717) is 5.56 Å². The maximum absolute atomic E-state index is 12.2. The molecule has 0 bridgehead atoms. The van der Waals surface area contributed by atoms with Gasteiger partial charge in [0, 0.05) is 24.3 Å². The molecule has 1 aromatic heterocycles. The molecule has 1 atom stereocenters. The van der Waals surface area contributed by atoms with E-state index in [1.54, 1.807) is 17.9 Å². The standard InChI is InChI=1S/C11H15N3O3S/c1-8-7-18(16,17)5-4-14(8)11(15)9-2-3-13-10(12)6-9/h2-3,6,8H,4-5,7H2,1H3,(H2,12,13). The van der Waals surface area contributed by atoms with Crippen LogP contribution >= 0.6 is 0 Å². The van der Waals surface area contributed by atoms with Crippen LogP contribution in [-0.2, 0) is 9.84 Å². The predicted molar refractivity (Wildman–Crippen MR) is 67.8 cm³/mol. The molecule has 0 aliphatic carbocycles. The second kappa shape index (κ2) is 4.56. The Morgan fingerprint density at radius 1 is 1.56 bits per heavy atom. The molecule has 98 valence electrons. The van der Waals surface area contributed by atoms with E-state index in [4.69, 9.17) is 5.73 Å². The van der Waals surface area contributed by atoms with Gasteiger partial charge in [-0.25, -0.2) is 13.4 Å². The summed E-state index contributed by atoms with van der Waals surface area (Å²) in [6.07, 6.45) is 1.47. The predicted octanol–water partition coefficient (Wildman–Crippen LogP) is -0.0771. The summed E-state index contributed by atoms with van der Waals surface area (Å²) in [5, 5.41) is 0. The number of sulfone groups is 1. The van der Waals surface area contributed by atoms with Gasteiger partial charge in [-0.15, -0.1) is 0 Å². The lowest BCUT2D eigenvalue weighted by molar-refractivity contribution is 0.0712. The van der Waals surface area contributed by atoms with Crippen LogP contribution in [0, 0.1) is 0 Å². The number of aromatic nitrogens is 1. The van der Waals surface area contributed by atoms with Gasteiger partial charge < -0.3 is 10.6 Å². The molecule has 2 heterocycles.